The number of carbonyl (C=O) groups excluding carboxylic acids is 1. The van der Waals surface area contributed by atoms with Crippen LogP contribution in [0.15, 0.2) is 4.79 Å². The first-order valence-electron chi connectivity index (χ1n) is 4.77. The van der Waals surface area contributed by atoms with Crippen molar-refractivity contribution in [2.24, 2.45) is 0 Å². The molecule has 7 heteroatoms. The van der Waals surface area contributed by atoms with E-state index in [0.29, 0.717) is 0 Å². The molecule has 88 valence electrons. The summed E-state index contributed by atoms with van der Waals surface area (Å²) in [6.45, 7) is 5.69. The minimum atomic E-state index is -0.456. The van der Waals surface area contributed by atoms with Crippen molar-refractivity contribution in [1.82, 2.24) is 14.5 Å². The highest BCUT2D eigenvalue weighted by molar-refractivity contribution is 5.65. The molecule has 0 atom stereocenters. The van der Waals surface area contributed by atoms with Crippen LogP contribution in [0.1, 0.15) is 20.8 Å². The second kappa shape index (κ2) is 4.24. The van der Waals surface area contributed by atoms with Gasteiger partial charge >= 0.3 is 5.69 Å². The first-order chi connectivity index (χ1) is 7.39. The van der Waals surface area contributed by atoms with Crippen LogP contribution in [0.5, 0.6) is 0 Å². The van der Waals surface area contributed by atoms with Gasteiger partial charge in [0.05, 0.1) is 0 Å². The third kappa shape index (κ3) is 2.52. The van der Waals surface area contributed by atoms with Crippen LogP contribution in [0.25, 0.3) is 6.20 Å². The molecule has 0 aliphatic carbocycles. The van der Waals surface area contributed by atoms with Gasteiger partial charge in [0, 0.05) is 12.6 Å². The predicted octanol–water partition coefficient (Wildman–Crippen LogP) is -0.269. The molecule has 0 bridgehead atoms. The summed E-state index contributed by atoms with van der Waals surface area (Å²) in [6, 6.07) is 0. The van der Waals surface area contributed by atoms with E-state index < -0.39 is 5.69 Å². The largest absolute Gasteiger partial charge is 0.371 e. The molecular weight excluding hydrogens is 210 g/mol. The average Bonchev–Trinajstić information content (AvgIpc) is 2.44. The molecule has 16 heavy (non-hydrogen) atoms. The van der Waals surface area contributed by atoms with E-state index in [2.05, 4.69) is 15.8 Å². The van der Waals surface area contributed by atoms with Crippen molar-refractivity contribution in [2.75, 3.05) is 17.8 Å². The lowest BCUT2D eigenvalue weighted by Gasteiger charge is -2.20. The molecular formula is C9H15N5O2. The predicted molar refractivity (Wildman–Crippen MR) is 61.6 cm³/mol. The SMILES string of the molecule is CNc1nn(NC(C)(C)C)c(=O)n1C=C=O. The molecule has 1 aromatic heterocycles. The quantitative estimate of drug-likeness (QED) is 0.692. The van der Waals surface area contributed by atoms with Crippen LogP contribution in [-0.4, -0.2) is 33.0 Å². The Hall–Kier alpha value is -2.01. The molecule has 0 amide bonds. The van der Waals surface area contributed by atoms with E-state index in [9.17, 15) is 9.59 Å². The van der Waals surface area contributed by atoms with E-state index in [1.54, 1.807) is 13.0 Å². The Balaban J connectivity index is 3.24. The number of aromatic nitrogens is 3. The van der Waals surface area contributed by atoms with Gasteiger partial charge in [-0.25, -0.2) is 14.2 Å². The average molecular weight is 225 g/mol. The first-order valence-corrected chi connectivity index (χ1v) is 4.77. The summed E-state index contributed by atoms with van der Waals surface area (Å²) in [7, 11) is 1.61. The molecule has 7 nitrogen and oxygen atoms in total. The van der Waals surface area contributed by atoms with Crippen LogP contribution < -0.4 is 16.4 Å². The summed E-state index contributed by atoms with van der Waals surface area (Å²) in [4.78, 5) is 23.1. The minimum Gasteiger partial charge on any atom is -0.357 e. The van der Waals surface area contributed by atoms with Crippen LogP contribution in [-0.2, 0) is 4.79 Å². The zero-order chi connectivity index (χ0) is 12.3. The smallest absolute Gasteiger partial charge is 0.357 e. The fourth-order valence-electron chi connectivity index (χ4n) is 1.11. The lowest BCUT2D eigenvalue weighted by molar-refractivity contribution is 0.516. The van der Waals surface area contributed by atoms with Gasteiger partial charge in [-0.1, -0.05) is 0 Å². The van der Waals surface area contributed by atoms with Gasteiger partial charge < -0.3 is 5.32 Å². The molecule has 0 unspecified atom stereocenters. The Morgan fingerprint density at radius 1 is 1.44 bits per heavy atom. The van der Waals surface area contributed by atoms with Crippen molar-refractivity contribution < 1.29 is 4.79 Å². The zero-order valence-corrected chi connectivity index (χ0v) is 9.74. The van der Waals surface area contributed by atoms with E-state index in [0.717, 1.165) is 15.6 Å². The molecule has 0 aliphatic heterocycles. The van der Waals surface area contributed by atoms with Crippen LogP contribution >= 0.6 is 0 Å². The second-order valence-electron chi connectivity index (χ2n) is 4.25. The number of nitrogens with zero attached hydrogens (tertiary/aromatic N) is 3. The molecule has 0 saturated heterocycles. The van der Waals surface area contributed by atoms with Crippen molar-refractivity contribution in [2.45, 2.75) is 26.3 Å². The maximum Gasteiger partial charge on any atom is 0.371 e. The summed E-state index contributed by atoms with van der Waals surface area (Å²) < 4.78 is 1.08. The van der Waals surface area contributed by atoms with Crippen molar-refractivity contribution in [3.05, 3.63) is 10.5 Å². The topological polar surface area (TPSA) is 81.0 Å². The molecule has 0 radical (unpaired) electrons. The Bertz CT molecular complexity index is 473. The van der Waals surface area contributed by atoms with Gasteiger partial charge in [0.15, 0.2) is 0 Å². The molecule has 1 rings (SSSR count). The Kier molecular flexibility index (Phi) is 3.20. The van der Waals surface area contributed by atoms with E-state index >= 15 is 0 Å². The van der Waals surface area contributed by atoms with Crippen molar-refractivity contribution in [1.29, 1.82) is 0 Å². The fraction of sp³-hybridized carbons (Fsp3) is 0.556. The number of nitrogens with one attached hydrogen (secondary N) is 2. The monoisotopic (exact) mass is 225 g/mol. The molecule has 0 fully saturated rings. The standard InChI is InChI=1S/C9H15N5O2/c1-9(2,3)12-14-8(16)13(5-6-15)7(10-4)11-14/h5,12H,1-4H3,(H,10,11). The van der Waals surface area contributed by atoms with Gasteiger partial charge in [0.2, 0.25) is 5.95 Å². The Labute approximate surface area is 92.7 Å². The number of hydrogen-bond donors (Lipinski definition) is 2. The van der Waals surface area contributed by atoms with E-state index in [-0.39, 0.29) is 11.5 Å². The minimum absolute atomic E-state index is 0.269. The van der Waals surface area contributed by atoms with Crippen LogP contribution in [0.2, 0.25) is 0 Å². The van der Waals surface area contributed by atoms with E-state index in [1.807, 2.05) is 20.8 Å². The van der Waals surface area contributed by atoms with Gasteiger partial charge in [-0.05, 0) is 20.8 Å². The third-order valence-electron chi connectivity index (χ3n) is 1.66. The summed E-state index contributed by atoms with van der Waals surface area (Å²) in [5.41, 5.74) is 2.12. The molecule has 1 aromatic rings. The number of hydrogen-bond acceptors (Lipinski definition) is 5. The van der Waals surface area contributed by atoms with Crippen molar-refractivity contribution in [3.8, 4) is 0 Å². The summed E-state index contributed by atoms with van der Waals surface area (Å²) >= 11 is 0. The normalized spacial score (nSPS) is 10.8. The van der Waals surface area contributed by atoms with Crippen LogP contribution in [0.3, 0.4) is 0 Å². The molecule has 0 spiro atoms. The molecule has 0 aliphatic rings. The summed E-state index contributed by atoms with van der Waals surface area (Å²) in [6.07, 6.45) is 0.988. The Morgan fingerprint density at radius 3 is 2.50 bits per heavy atom. The highest BCUT2D eigenvalue weighted by atomic mass is 16.2. The second-order valence-corrected chi connectivity index (χ2v) is 4.25. The zero-order valence-electron chi connectivity index (χ0n) is 9.74. The lowest BCUT2D eigenvalue weighted by atomic mass is 10.1. The summed E-state index contributed by atoms with van der Waals surface area (Å²) in [5, 5.41) is 6.68. The fourth-order valence-corrected chi connectivity index (χ4v) is 1.11. The van der Waals surface area contributed by atoms with Crippen LogP contribution in [0, 0.1) is 0 Å². The molecule has 1 heterocycles. The van der Waals surface area contributed by atoms with E-state index in [4.69, 9.17) is 0 Å². The molecule has 0 saturated carbocycles. The van der Waals surface area contributed by atoms with Crippen molar-refractivity contribution >= 4 is 18.1 Å². The van der Waals surface area contributed by atoms with Gasteiger partial charge in [-0.2, -0.15) is 0 Å². The Morgan fingerprint density at radius 2 is 2.06 bits per heavy atom. The number of anilines is 1. The maximum atomic E-state index is 11.8. The van der Waals surface area contributed by atoms with Gasteiger partial charge in [0.1, 0.15) is 12.1 Å². The third-order valence-corrected chi connectivity index (χ3v) is 1.66. The number of rotatable bonds is 3. The maximum absolute atomic E-state index is 11.8. The van der Waals surface area contributed by atoms with Gasteiger partial charge in [-0.15, -0.1) is 9.89 Å². The van der Waals surface area contributed by atoms with Gasteiger partial charge in [0.25, 0.3) is 0 Å². The lowest BCUT2D eigenvalue weighted by Crippen LogP contribution is -2.41. The first kappa shape index (κ1) is 12.1. The van der Waals surface area contributed by atoms with Crippen LogP contribution in [0.4, 0.5) is 5.95 Å². The summed E-state index contributed by atoms with van der Waals surface area (Å²) in [5.74, 6) is 1.81. The van der Waals surface area contributed by atoms with E-state index in [1.165, 1.54) is 0 Å². The highest BCUT2D eigenvalue weighted by Crippen LogP contribution is 2.02. The van der Waals surface area contributed by atoms with Crippen molar-refractivity contribution in [3.63, 3.8) is 0 Å². The van der Waals surface area contributed by atoms with Gasteiger partial charge in [-0.3, -0.25) is 5.43 Å². The molecule has 0 aromatic carbocycles. The molecule has 2 N–H and O–H groups in total. The highest BCUT2D eigenvalue weighted by Gasteiger charge is 2.15.